The van der Waals surface area contributed by atoms with Crippen LogP contribution in [0.15, 0.2) is 41.4 Å². The topological polar surface area (TPSA) is 95.5 Å². The normalized spacial score (nSPS) is 18.6. The standard InChI is InChI=1S/C24H26F3N5O3S2/c1-2-12-36-20-17(4-3-8-28-20)21(33)31-9-5-15(6-10-31)19-30-18(14-37-19)22(34)32-11-7-16(13-32)29-23(35)24(25,26)27/h2-4,8,14-16H,1,5-7,9-13H2,(H,29,35). The third-order valence-electron chi connectivity index (χ3n) is 6.28. The number of rotatable bonds is 7. The first-order valence-corrected chi connectivity index (χ1v) is 13.6. The molecule has 2 saturated heterocycles. The Morgan fingerprint density at radius 2 is 1.89 bits per heavy atom. The van der Waals surface area contributed by atoms with Crippen molar-refractivity contribution < 1.29 is 27.6 Å². The number of nitrogens with one attached hydrogen (secondary N) is 1. The van der Waals surface area contributed by atoms with E-state index in [0.717, 1.165) is 5.01 Å². The van der Waals surface area contributed by atoms with Gasteiger partial charge in [-0.3, -0.25) is 14.4 Å². The average Bonchev–Trinajstić information content (AvgIpc) is 3.57. The lowest BCUT2D eigenvalue weighted by molar-refractivity contribution is -0.174. The van der Waals surface area contributed by atoms with E-state index in [4.69, 9.17) is 0 Å². The zero-order valence-electron chi connectivity index (χ0n) is 19.9. The largest absolute Gasteiger partial charge is 0.471 e. The highest BCUT2D eigenvalue weighted by molar-refractivity contribution is 7.99. The van der Waals surface area contributed by atoms with Gasteiger partial charge in [0.2, 0.25) is 0 Å². The number of hydrogen-bond donors (Lipinski definition) is 1. The quantitative estimate of drug-likeness (QED) is 0.415. The number of likely N-dealkylation sites (tertiary alicyclic amines) is 2. The molecule has 2 aromatic rings. The van der Waals surface area contributed by atoms with E-state index in [9.17, 15) is 27.6 Å². The summed E-state index contributed by atoms with van der Waals surface area (Å²) in [5, 5.41) is 5.08. The van der Waals surface area contributed by atoms with Crippen LogP contribution in [0, 0.1) is 0 Å². The van der Waals surface area contributed by atoms with Gasteiger partial charge in [-0.25, -0.2) is 9.97 Å². The number of halogens is 3. The zero-order valence-corrected chi connectivity index (χ0v) is 21.5. The number of thiazole rings is 1. The van der Waals surface area contributed by atoms with Crippen LogP contribution in [0.4, 0.5) is 13.2 Å². The highest BCUT2D eigenvalue weighted by Gasteiger charge is 2.41. The number of amides is 3. The first kappa shape index (κ1) is 27.1. The maximum absolute atomic E-state index is 13.1. The molecule has 4 heterocycles. The number of piperidine rings is 1. The lowest BCUT2D eigenvalue weighted by Crippen LogP contribution is -2.44. The fraction of sp³-hybridized carbons (Fsp3) is 0.458. The zero-order chi connectivity index (χ0) is 26.6. The molecule has 4 rings (SSSR count). The summed E-state index contributed by atoms with van der Waals surface area (Å²) in [4.78, 5) is 49.2. The summed E-state index contributed by atoms with van der Waals surface area (Å²) in [6.07, 6.45) is 0.139. The van der Waals surface area contributed by atoms with E-state index in [1.54, 1.807) is 29.8 Å². The van der Waals surface area contributed by atoms with Crippen LogP contribution in [0.5, 0.6) is 0 Å². The Balaban J connectivity index is 1.31. The van der Waals surface area contributed by atoms with E-state index in [1.165, 1.54) is 28.0 Å². The Morgan fingerprint density at radius 3 is 2.59 bits per heavy atom. The van der Waals surface area contributed by atoms with E-state index in [1.807, 2.05) is 10.2 Å². The van der Waals surface area contributed by atoms with Gasteiger partial charge < -0.3 is 15.1 Å². The van der Waals surface area contributed by atoms with Gasteiger partial charge in [0.05, 0.1) is 10.6 Å². The van der Waals surface area contributed by atoms with Gasteiger partial charge in [-0.05, 0) is 31.4 Å². The second-order valence-corrected chi connectivity index (χ2v) is 10.7. The SMILES string of the molecule is C=CCSc1ncccc1C(=O)N1CCC(c2nc(C(=O)N3CCC(NC(=O)C(F)(F)F)C3)cs2)CC1. The van der Waals surface area contributed by atoms with Gasteiger partial charge in [0.1, 0.15) is 10.7 Å². The Hall–Kier alpha value is -2.93. The van der Waals surface area contributed by atoms with E-state index >= 15 is 0 Å². The van der Waals surface area contributed by atoms with Gasteiger partial charge in [0.15, 0.2) is 0 Å². The Kier molecular flexibility index (Phi) is 8.53. The molecule has 0 aliphatic carbocycles. The van der Waals surface area contributed by atoms with E-state index in [2.05, 4.69) is 16.5 Å². The maximum atomic E-state index is 13.1. The summed E-state index contributed by atoms with van der Waals surface area (Å²) in [6, 6.07) is 2.79. The second-order valence-electron chi connectivity index (χ2n) is 8.80. The monoisotopic (exact) mass is 553 g/mol. The van der Waals surface area contributed by atoms with Gasteiger partial charge in [-0.2, -0.15) is 13.2 Å². The number of aromatic nitrogens is 2. The van der Waals surface area contributed by atoms with Crippen molar-refractivity contribution in [3.63, 3.8) is 0 Å². The summed E-state index contributed by atoms with van der Waals surface area (Å²) in [6.45, 7) is 5.07. The fourth-order valence-corrected chi connectivity index (χ4v) is 6.06. The second kappa shape index (κ2) is 11.6. The number of nitrogens with zero attached hydrogens (tertiary/aromatic N) is 4. The molecule has 2 aliphatic heterocycles. The van der Waals surface area contributed by atoms with Crippen LogP contribution in [0.3, 0.4) is 0 Å². The smallest absolute Gasteiger partial charge is 0.344 e. The first-order valence-electron chi connectivity index (χ1n) is 11.8. The van der Waals surface area contributed by atoms with Crippen LogP contribution in [0.25, 0.3) is 0 Å². The molecule has 1 atom stereocenters. The molecule has 2 fully saturated rings. The highest BCUT2D eigenvalue weighted by atomic mass is 32.2. The third-order valence-corrected chi connectivity index (χ3v) is 8.29. The lowest BCUT2D eigenvalue weighted by Gasteiger charge is -2.31. The molecule has 0 radical (unpaired) electrons. The minimum absolute atomic E-state index is 0.00936. The number of pyridine rings is 1. The van der Waals surface area contributed by atoms with Gasteiger partial charge in [0, 0.05) is 55.5 Å². The molecule has 3 amide bonds. The number of thioether (sulfide) groups is 1. The number of carbonyl (C=O) groups excluding carboxylic acids is 3. The molecule has 2 aromatic heterocycles. The highest BCUT2D eigenvalue weighted by Crippen LogP contribution is 2.32. The van der Waals surface area contributed by atoms with Crippen molar-refractivity contribution >= 4 is 40.8 Å². The molecule has 8 nitrogen and oxygen atoms in total. The van der Waals surface area contributed by atoms with Crippen LogP contribution >= 0.6 is 23.1 Å². The molecular weight excluding hydrogens is 527 g/mol. The molecule has 0 saturated carbocycles. The lowest BCUT2D eigenvalue weighted by atomic mass is 9.97. The molecule has 1 N–H and O–H groups in total. The van der Waals surface area contributed by atoms with Crippen molar-refractivity contribution in [2.45, 2.75) is 42.4 Å². The first-order chi connectivity index (χ1) is 17.7. The Bertz CT molecular complexity index is 1160. The maximum Gasteiger partial charge on any atom is 0.471 e. The molecule has 198 valence electrons. The summed E-state index contributed by atoms with van der Waals surface area (Å²) < 4.78 is 37.5. The van der Waals surface area contributed by atoms with Crippen molar-refractivity contribution in [3.05, 3.63) is 52.6 Å². The molecular formula is C24H26F3N5O3S2. The summed E-state index contributed by atoms with van der Waals surface area (Å²) >= 11 is 2.84. The third kappa shape index (κ3) is 6.50. The van der Waals surface area contributed by atoms with Gasteiger partial charge in [0.25, 0.3) is 11.8 Å². The van der Waals surface area contributed by atoms with Crippen LogP contribution in [0.1, 0.15) is 51.0 Å². The minimum atomic E-state index is -4.95. The van der Waals surface area contributed by atoms with Crippen molar-refractivity contribution in [2.24, 2.45) is 0 Å². The Labute approximate surface area is 220 Å². The van der Waals surface area contributed by atoms with Crippen molar-refractivity contribution in [1.29, 1.82) is 0 Å². The summed E-state index contributed by atoms with van der Waals surface area (Å²) in [7, 11) is 0. The van der Waals surface area contributed by atoms with Gasteiger partial charge >= 0.3 is 12.1 Å². The molecule has 1 unspecified atom stereocenters. The molecule has 13 heteroatoms. The fourth-order valence-electron chi connectivity index (χ4n) is 4.37. The van der Waals surface area contributed by atoms with Crippen molar-refractivity contribution in [3.8, 4) is 0 Å². The molecule has 0 aromatic carbocycles. The number of carbonyl (C=O) groups is 3. The summed E-state index contributed by atoms with van der Waals surface area (Å²) in [5.74, 6) is -1.65. The van der Waals surface area contributed by atoms with E-state index in [0.29, 0.717) is 42.3 Å². The number of alkyl halides is 3. The minimum Gasteiger partial charge on any atom is -0.344 e. The van der Waals surface area contributed by atoms with Crippen molar-refractivity contribution in [1.82, 2.24) is 25.1 Å². The molecule has 0 bridgehead atoms. The molecule has 37 heavy (non-hydrogen) atoms. The van der Waals surface area contributed by atoms with Gasteiger partial charge in [-0.15, -0.1) is 29.7 Å². The predicted octanol–water partition coefficient (Wildman–Crippen LogP) is 3.73. The van der Waals surface area contributed by atoms with Crippen molar-refractivity contribution in [2.75, 3.05) is 31.9 Å². The molecule has 0 spiro atoms. The van der Waals surface area contributed by atoms with E-state index < -0.39 is 18.1 Å². The van der Waals surface area contributed by atoms with Crippen LogP contribution in [-0.4, -0.2) is 81.6 Å². The average molecular weight is 554 g/mol. The Morgan fingerprint density at radius 1 is 1.16 bits per heavy atom. The number of hydrogen-bond acceptors (Lipinski definition) is 7. The summed E-state index contributed by atoms with van der Waals surface area (Å²) in [5.41, 5.74) is 0.825. The predicted molar refractivity (Wildman–Crippen MR) is 134 cm³/mol. The van der Waals surface area contributed by atoms with Crippen LogP contribution < -0.4 is 5.32 Å². The van der Waals surface area contributed by atoms with Crippen LogP contribution in [-0.2, 0) is 4.79 Å². The van der Waals surface area contributed by atoms with E-state index in [-0.39, 0.29) is 42.9 Å². The molecule has 2 aliphatic rings. The van der Waals surface area contributed by atoms with Crippen LogP contribution in [0.2, 0.25) is 0 Å². The van der Waals surface area contributed by atoms with Gasteiger partial charge in [-0.1, -0.05) is 6.08 Å².